The first-order valence-corrected chi connectivity index (χ1v) is 10.2. The van der Waals surface area contributed by atoms with Crippen molar-refractivity contribution in [2.75, 3.05) is 0 Å². The first-order valence-electron chi connectivity index (χ1n) is 8.02. The van der Waals surface area contributed by atoms with Crippen molar-refractivity contribution in [3.05, 3.63) is 46.8 Å². The summed E-state index contributed by atoms with van der Waals surface area (Å²) in [5.41, 5.74) is 5.07. The highest BCUT2D eigenvalue weighted by molar-refractivity contribution is 8.76. The number of nitrogens with zero attached hydrogens (tertiary/aromatic N) is 2. The van der Waals surface area contributed by atoms with Gasteiger partial charge in [0.2, 0.25) is 0 Å². The highest BCUT2D eigenvalue weighted by atomic mass is 33.1. The minimum Gasteiger partial charge on any atom is -0.246 e. The highest BCUT2D eigenvalue weighted by Crippen LogP contribution is 2.36. The fraction of sp³-hybridized carbons (Fsp3) is 0.444. The van der Waals surface area contributed by atoms with Crippen LogP contribution >= 0.6 is 21.6 Å². The lowest BCUT2D eigenvalue weighted by Crippen LogP contribution is -1.94. The van der Waals surface area contributed by atoms with Gasteiger partial charge < -0.3 is 0 Å². The zero-order valence-corrected chi connectivity index (χ0v) is 15.5. The van der Waals surface area contributed by atoms with Crippen molar-refractivity contribution in [1.82, 2.24) is 9.97 Å². The van der Waals surface area contributed by atoms with Gasteiger partial charge in [-0.05, 0) is 82.7 Å². The van der Waals surface area contributed by atoms with E-state index in [-0.39, 0.29) is 0 Å². The Morgan fingerprint density at radius 2 is 1.05 bits per heavy atom. The van der Waals surface area contributed by atoms with Gasteiger partial charge in [0, 0.05) is 11.4 Å². The van der Waals surface area contributed by atoms with E-state index in [2.05, 4.69) is 52.0 Å². The number of aryl methyl sites for hydroxylation is 4. The molecule has 0 N–H and O–H groups in total. The Bertz CT molecular complexity index is 526. The third-order valence-electron chi connectivity index (χ3n) is 3.58. The van der Waals surface area contributed by atoms with E-state index < -0.39 is 0 Å². The molecule has 0 atom stereocenters. The van der Waals surface area contributed by atoms with E-state index in [9.17, 15) is 0 Å². The second-order valence-corrected chi connectivity index (χ2v) is 7.36. The molecule has 0 spiro atoms. The van der Waals surface area contributed by atoms with Gasteiger partial charge in [-0.15, -0.1) is 0 Å². The summed E-state index contributed by atoms with van der Waals surface area (Å²) in [5, 5.41) is 2.17. The zero-order valence-electron chi connectivity index (χ0n) is 13.8. The Kier molecular flexibility index (Phi) is 6.77. The van der Waals surface area contributed by atoms with Crippen LogP contribution in [0.1, 0.15) is 50.2 Å². The average Bonchev–Trinajstić information content (AvgIpc) is 2.59. The normalized spacial score (nSPS) is 10.9. The van der Waals surface area contributed by atoms with Crippen LogP contribution in [-0.2, 0) is 25.7 Å². The Labute approximate surface area is 141 Å². The molecule has 0 aromatic carbocycles. The summed E-state index contributed by atoms with van der Waals surface area (Å²) in [6, 6.07) is 8.81. The van der Waals surface area contributed by atoms with E-state index in [4.69, 9.17) is 9.97 Å². The molecule has 0 aliphatic rings. The summed E-state index contributed by atoms with van der Waals surface area (Å²) in [4.78, 5) is 9.43. The number of hydrogen-bond donors (Lipinski definition) is 0. The van der Waals surface area contributed by atoms with E-state index in [0.29, 0.717) is 0 Å². The standard InChI is InChI=1S/C18H24N2S2/c1-5-13-9-15(7-3)19-17(11-13)21-22-18-12-14(6-2)10-16(8-4)20-18/h9-12H,5-8H2,1-4H3. The molecule has 0 bridgehead atoms. The Hall–Kier alpha value is -1.00. The molecule has 4 heteroatoms. The maximum Gasteiger partial charge on any atom is 0.107 e. The molecule has 22 heavy (non-hydrogen) atoms. The summed E-state index contributed by atoms with van der Waals surface area (Å²) < 4.78 is 0. The van der Waals surface area contributed by atoms with E-state index in [1.54, 1.807) is 21.6 Å². The van der Waals surface area contributed by atoms with Gasteiger partial charge in [-0.1, -0.05) is 27.7 Å². The predicted octanol–water partition coefficient (Wildman–Crippen LogP) is 5.53. The van der Waals surface area contributed by atoms with Crippen LogP contribution in [-0.4, -0.2) is 9.97 Å². The first-order chi connectivity index (χ1) is 10.7. The number of pyridine rings is 2. The molecule has 0 saturated carbocycles. The fourth-order valence-electron chi connectivity index (χ4n) is 2.18. The van der Waals surface area contributed by atoms with Crippen LogP contribution < -0.4 is 0 Å². The summed E-state index contributed by atoms with van der Waals surface area (Å²) in [6.07, 6.45) is 4.07. The molecule has 0 aliphatic heterocycles. The molecule has 0 radical (unpaired) electrons. The van der Waals surface area contributed by atoms with Crippen LogP contribution in [0.4, 0.5) is 0 Å². The maximum atomic E-state index is 4.71. The molecule has 0 amide bonds. The third-order valence-corrected chi connectivity index (χ3v) is 5.70. The number of hydrogen-bond acceptors (Lipinski definition) is 4. The van der Waals surface area contributed by atoms with Crippen molar-refractivity contribution < 1.29 is 0 Å². The molecule has 0 aliphatic carbocycles. The second-order valence-electron chi connectivity index (χ2n) is 5.19. The smallest absolute Gasteiger partial charge is 0.107 e. The SMILES string of the molecule is CCc1cc(CC)nc(SSc2cc(CC)cc(CC)n2)c1. The van der Waals surface area contributed by atoms with Gasteiger partial charge in [0.05, 0.1) is 0 Å². The first kappa shape index (κ1) is 17.4. The highest BCUT2D eigenvalue weighted by Gasteiger charge is 2.06. The Balaban J connectivity index is 2.15. The van der Waals surface area contributed by atoms with Crippen molar-refractivity contribution in [2.24, 2.45) is 0 Å². The van der Waals surface area contributed by atoms with Crippen LogP contribution in [0, 0.1) is 0 Å². The molecule has 2 aromatic rings. The molecule has 2 rings (SSSR count). The van der Waals surface area contributed by atoms with Crippen LogP contribution in [0.3, 0.4) is 0 Å². The van der Waals surface area contributed by atoms with E-state index in [1.807, 2.05) is 0 Å². The van der Waals surface area contributed by atoms with Crippen LogP contribution in [0.25, 0.3) is 0 Å². The molecule has 118 valence electrons. The van der Waals surface area contributed by atoms with Crippen molar-refractivity contribution in [3.8, 4) is 0 Å². The second kappa shape index (κ2) is 8.59. The molecule has 0 unspecified atom stereocenters. The van der Waals surface area contributed by atoms with Gasteiger partial charge in [-0.25, -0.2) is 9.97 Å². The van der Waals surface area contributed by atoms with Gasteiger partial charge in [0.15, 0.2) is 0 Å². The van der Waals surface area contributed by atoms with Gasteiger partial charge in [-0.2, -0.15) is 0 Å². The lowest BCUT2D eigenvalue weighted by molar-refractivity contribution is 0.944. The van der Waals surface area contributed by atoms with E-state index in [1.165, 1.54) is 22.5 Å². The maximum absolute atomic E-state index is 4.71. The summed E-state index contributed by atoms with van der Waals surface area (Å²) in [5.74, 6) is 0. The molecular weight excluding hydrogens is 308 g/mol. The Morgan fingerprint density at radius 1 is 0.636 bits per heavy atom. The van der Waals surface area contributed by atoms with Crippen molar-refractivity contribution in [1.29, 1.82) is 0 Å². The largest absolute Gasteiger partial charge is 0.246 e. The van der Waals surface area contributed by atoms with Crippen molar-refractivity contribution in [3.63, 3.8) is 0 Å². The number of rotatable bonds is 7. The van der Waals surface area contributed by atoms with E-state index >= 15 is 0 Å². The van der Waals surface area contributed by atoms with Crippen molar-refractivity contribution in [2.45, 2.75) is 63.4 Å². The van der Waals surface area contributed by atoms with Gasteiger partial charge in [-0.3, -0.25) is 0 Å². The summed E-state index contributed by atoms with van der Waals surface area (Å²) >= 11 is 0. The van der Waals surface area contributed by atoms with Crippen LogP contribution in [0.2, 0.25) is 0 Å². The summed E-state index contributed by atoms with van der Waals surface area (Å²) in [6.45, 7) is 8.69. The predicted molar refractivity (Wildman–Crippen MR) is 97.7 cm³/mol. The third kappa shape index (κ3) is 4.75. The average molecular weight is 333 g/mol. The lowest BCUT2D eigenvalue weighted by Gasteiger charge is -2.08. The molecule has 0 saturated heterocycles. The molecular formula is C18H24N2S2. The van der Waals surface area contributed by atoms with Gasteiger partial charge in [0.25, 0.3) is 0 Å². The molecule has 0 fully saturated rings. The van der Waals surface area contributed by atoms with E-state index in [0.717, 1.165) is 35.7 Å². The topological polar surface area (TPSA) is 25.8 Å². The van der Waals surface area contributed by atoms with Crippen molar-refractivity contribution >= 4 is 21.6 Å². The van der Waals surface area contributed by atoms with Crippen LogP contribution in [0.5, 0.6) is 0 Å². The molecule has 2 aromatic heterocycles. The lowest BCUT2D eigenvalue weighted by atomic mass is 10.1. The molecule has 2 nitrogen and oxygen atoms in total. The zero-order chi connectivity index (χ0) is 15.9. The monoisotopic (exact) mass is 332 g/mol. The molecule has 2 heterocycles. The quantitative estimate of drug-likeness (QED) is 0.623. The van der Waals surface area contributed by atoms with Gasteiger partial charge >= 0.3 is 0 Å². The number of aromatic nitrogens is 2. The minimum atomic E-state index is 0.982. The summed E-state index contributed by atoms with van der Waals surface area (Å²) in [7, 11) is 3.43. The fourth-order valence-corrected chi connectivity index (χ4v) is 4.09. The van der Waals surface area contributed by atoms with Crippen LogP contribution in [0.15, 0.2) is 34.3 Å². The Morgan fingerprint density at radius 3 is 1.36 bits per heavy atom. The van der Waals surface area contributed by atoms with Gasteiger partial charge in [0.1, 0.15) is 10.1 Å². The minimum absolute atomic E-state index is 0.982.